The van der Waals surface area contributed by atoms with Gasteiger partial charge in [-0.05, 0) is 45.7 Å². The van der Waals surface area contributed by atoms with Gasteiger partial charge in [0.05, 0.1) is 12.1 Å². The highest BCUT2D eigenvalue weighted by atomic mass is 16.5. The highest BCUT2D eigenvalue weighted by molar-refractivity contribution is 5.79. The van der Waals surface area contributed by atoms with Crippen molar-refractivity contribution in [1.82, 2.24) is 10.2 Å². The highest BCUT2D eigenvalue weighted by Gasteiger charge is 2.22. The first-order chi connectivity index (χ1) is 9.17. The van der Waals surface area contributed by atoms with Crippen molar-refractivity contribution in [3.05, 3.63) is 0 Å². The van der Waals surface area contributed by atoms with Crippen molar-refractivity contribution in [2.75, 3.05) is 32.8 Å². The smallest absolute Gasteiger partial charge is 0.234 e. The monoisotopic (exact) mass is 271 g/mol. The number of primary amides is 1. The molecule has 1 aliphatic heterocycles. The second kappa shape index (κ2) is 9.28. The summed E-state index contributed by atoms with van der Waals surface area (Å²) in [4.78, 5) is 13.7. The van der Waals surface area contributed by atoms with Crippen LogP contribution in [0, 0.1) is 0 Å². The van der Waals surface area contributed by atoms with Crippen molar-refractivity contribution in [1.29, 1.82) is 0 Å². The predicted octanol–water partition coefficient (Wildman–Crippen LogP) is 0.731. The van der Waals surface area contributed by atoms with Crippen molar-refractivity contribution >= 4 is 5.91 Å². The van der Waals surface area contributed by atoms with Gasteiger partial charge in [0.1, 0.15) is 0 Å². The molecule has 0 radical (unpaired) electrons. The minimum atomic E-state index is -0.244. The van der Waals surface area contributed by atoms with Crippen LogP contribution >= 0.6 is 0 Å². The molecule has 2 atom stereocenters. The summed E-state index contributed by atoms with van der Waals surface area (Å²) in [6.07, 6.45) is 4.48. The molecule has 3 N–H and O–H groups in total. The molecule has 1 fully saturated rings. The van der Waals surface area contributed by atoms with E-state index >= 15 is 0 Å². The van der Waals surface area contributed by atoms with Crippen LogP contribution in [0.5, 0.6) is 0 Å². The third kappa shape index (κ3) is 6.36. The molecule has 0 aromatic heterocycles. The number of likely N-dealkylation sites (tertiary alicyclic amines) is 1. The molecule has 0 aromatic carbocycles. The molecule has 0 bridgehead atoms. The van der Waals surface area contributed by atoms with Gasteiger partial charge in [-0.2, -0.15) is 0 Å². The standard InChI is InChI=1S/C14H29N3O2/c1-3-8-16-13(14(15)18)7-10-17-9-5-6-12(11-17)19-4-2/h12-13,16H,3-11H2,1-2H3,(H2,15,18). The molecule has 2 unspecified atom stereocenters. The lowest BCUT2D eigenvalue weighted by molar-refractivity contribution is -0.120. The van der Waals surface area contributed by atoms with Crippen LogP contribution in [0.25, 0.3) is 0 Å². The molecule has 1 heterocycles. The van der Waals surface area contributed by atoms with E-state index in [0.717, 1.165) is 52.0 Å². The number of nitrogens with two attached hydrogens (primary N) is 1. The van der Waals surface area contributed by atoms with E-state index in [-0.39, 0.29) is 11.9 Å². The summed E-state index contributed by atoms with van der Waals surface area (Å²) in [5.41, 5.74) is 5.42. The number of nitrogens with zero attached hydrogens (tertiary/aromatic N) is 1. The van der Waals surface area contributed by atoms with E-state index in [1.54, 1.807) is 0 Å². The van der Waals surface area contributed by atoms with Gasteiger partial charge in [-0.3, -0.25) is 4.79 Å². The highest BCUT2D eigenvalue weighted by Crippen LogP contribution is 2.13. The Morgan fingerprint density at radius 2 is 2.32 bits per heavy atom. The summed E-state index contributed by atoms with van der Waals surface area (Å²) < 4.78 is 5.68. The van der Waals surface area contributed by atoms with E-state index < -0.39 is 0 Å². The normalized spacial score (nSPS) is 22.3. The minimum Gasteiger partial charge on any atom is -0.377 e. The third-order valence-corrected chi connectivity index (χ3v) is 3.58. The van der Waals surface area contributed by atoms with Crippen LogP contribution in [0.2, 0.25) is 0 Å². The van der Waals surface area contributed by atoms with Gasteiger partial charge in [0.15, 0.2) is 0 Å². The second-order valence-corrected chi connectivity index (χ2v) is 5.22. The van der Waals surface area contributed by atoms with Crippen LogP contribution in [-0.2, 0) is 9.53 Å². The number of piperidine rings is 1. The fourth-order valence-corrected chi connectivity index (χ4v) is 2.56. The lowest BCUT2D eigenvalue weighted by atomic mass is 10.1. The average molecular weight is 271 g/mol. The van der Waals surface area contributed by atoms with Gasteiger partial charge in [0, 0.05) is 19.7 Å². The molecule has 1 rings (SSSR count). The number of rotatable bonds is 9. The van der Waals surface area contributed by atoms with E-state index in [1.807, 2.05) is 6.92 Å². The van der Waals surface area contributed by atoms with Crippen LogP contribution in [0.15, 0.2) is 0 Å². The molecule has 112 valence electrons. The molecule has 5 nitrogen and oxygen atoms in total. The van der Waals surface area contributed by atoms with Gasteiger partial charge in [0.25, 0.3) is 0 Å². The minimum absolute atomic E-state index is 0.201. The number of carbonyl (C=O) groups excluding carboxylic acids is 1. The summed E-state index contributed by atoms with van der Waals surface area (Å²) in [7, 11) is 0. The van der Waals surface area contributed by atoms with Crippen LogP contribution in [0.3, 0.4) is 0 Å². The number of hydrogen-bond donors (Lipinski definition) is 2. The lowest BCUT2D eigenvalue weighted by Crippen LogP contribution is -2.46. The quantitative estimate of drug-likeness (QED) is 0.649. The lowest BCUT2D eigenvalue weighted by Gasteiger charge is -2.33. The van der Waals surface area contributed by atoms with Gasteiger partial charge in [-0.15, -0.1) is 0 Å². The summed E-state index contributed by atoms with van der Waals surface area (Å²) in [6.45, 7) is 8.73. The summed E-state index contributed by atoms with van der Waals surface area (Å²) >= 11 is 0. The summed E-state index contributed by atoms with van der Waals surface area (Å²) in [5.74, 6) is -0.244. The molecule has 1 amide bonds. The molecular formula is C14H29N3O2. The molecule has 0 aromatic rings. The average Bonchev–Trinajstić information content (AvgIpc) is 2.39. The fraction of sp³-hybridized carbons (Fsp3) is 0.929. The third-order valence-electron chi connectivity index (χ3n) is 3.58. The molecule has 19 heavy (non-hydrogen) atoms. The van der Waals surface area contributed by atoms with Gasteiger partial charge >= 0.3 is 0 Å². The van der Waals surface area contributed by atoms with Crippen molar-refractivity contribution in [3.63, 3.8) is 0 Å². The second-order valence-electron chi connectivity index (χ2n) is 5.22. The van der Waals surface area contributed by atoms with Crippen molar-refractivity contribution < 1.29 is 9.53 Å². The number of amides is 1. The summed E-state index contributed by atoms with van der Waals surface area (Å²) in [5, 5.41) is 3.21. The van der Waals surface area contributed by atoms with E-state index in [0.29, 0.717) is 6.10 Å². The van der Waals surface area contributed by atoms with Crippen LogP contribution in [-0.4, -0.2) is 55.7 Å². The molecule has 1 saturated heterocycles. The van der Waals surface area contributed by atoms with Crippen LogP contribution in [0.1, 0.15) is 39.5 Å². The topological polar surface area (TPSA) is 67.6 Å². The zero-order valence-corrected chi connectivity index (χ0v) is 12.4. The number of ether oxygens (including phenoxy) is 1. The van der Waals surface area contributed by atoms with Gasteiger partial charge in [0.2, 0.25) is 5.91 Å². The Balaban J connectivity index is 2.30. The van der Waals surface area contributed by atoms with Crippen LogP contribution in [0.4, 0.5) is 0 Å². The Morgan fingerprint density at radius 1 is 1.53 bits per heavy atom. The number of hydrogen-bond acceptors (Lipinski definition) is 4. The fourth-order valence-electron chi connectivity index (χ4n) is 2.56. The number of nitrogens with one attached hydrogen (secondary N) is 1. The maximum Gasteiger partial charge on any atom is 0.234 e. The SMILES string of the molecule is CCCNC(CCN1CCCC(OCC)C1)C(N)=O. The Kier molecular flexibility index (Phi) is 8.02. The Labute approximate surface area is 116 Å². The Bertz CT molecular complexity index is 259. The first-order valence-corrected chi connectivity index (χ1v) is 7.54. The first kappa shape index (κ1) is 16.4. The van der Waals surface area contributed by atoms with E-state index in [4.69, 9.17) is 10.5 Å². The van der Waals surface area contributed by atoms with Gasteiger partial charge in [-0.1, -0.05) is 6.92 Å². The molecular weight excluding hydrogens is 242 g/mol. The van der Waals surface area contributed by atoms with E-state index in [2.05, 4.69) is 17.1 Å². The zero-order valence-electron chi connectivity index (χ0n) is 12.4. The molecule has 0 spiro atoms. The van der Waals surface area contributed by atoms with Crippen molar-refractivity contribution in [2.45, 2.75) is 51.7 Å². The van der Waals surface area contributed by atoms with Crippen molar-refractivity contribution in [2.24, 2.45) is 5.73 Å². The molecule has 5 heteroatoms. The Hall–Kier alpha value is -0.650. The van der Waals surface area contributed by atoms with E-state index in [1.165, 1.54) is 6.42 Å². The predicted molar refractivity (Wildman–Crippen MR) is 77.0 cm³/mol. The molecule has 0 saturated carbocycles. The van der Waals surface area contributed by atoms with Gasteiger partial charge in [-0.25, -0.2) is 0 Å². The largest absolute Gasteiger partial charge is 0.377 e. The van der Waals surface area contributed by atoms with Crippen LogP contribution < -0.4 is 11.1 Å². The molecule has 0 aliphatic carbocycles. The number of carbonyl (C=O) groups is 1. The zero-order chi connectivity index (χ0) is 14.1. The van der Waals surface area contributed by atoms with Gasteiger partial charge < -0.3 is 20.7 Å². The van der Waals surface area contributed by atoms with Crippen molar-refractivity contribution in [3.8, 4) is 0 Å². The maximum absolute atomic E-state index is 11.4. The maximum atomic E-state index is 11.4. The molecule has 1 aliphatic rings. The Morgan fingerprint density at radius 3 is 2.95 bits per heavy atom. The summed E-state index contributed by atoms with van der Waals surface area (Å²) in [6, 6.07) is -0.201. The first-order valence-electron chi connectivity index (χ1n) is 7.54. The van der Waals surface area contributed by atoms with E-state index in [9.17, 15) is 4.79 Å².